The Morgan fingerprint density at radius 3 is 2.80 bits per heavy atom. The lowest BCUT2D eigenvalue weighted by molar-refractivity contribution is -0.131. The molecule has 0 aromatic heterocycles. The van der Waals surface area contributed by atoms with Gasteiger partial charge >= 0.3 is 0 Å². The van der Waals surface area contributed by atoms with Gasteiger partial charge in [-0.2, -0.15) is 0 Å². The lowest BCUT2D eigenvalue weighted by Gasteiger charge is -2.37. The fraction of sp³-hybridized carbons (Fsp3) is 0.762. The molecule has 0 spiro atoms. The number of likely N-dealkylation sites (tertiary alicyclic amines) is 1. The minimum Gasteiger partial charge on any atom is -0.386 e. The molecule has 142 valence electrons. The van der Waals surface area contributed by atoms with E-state index in [1.54, 1.807) is 0 Å². The van der Waals surface area contributed by atoms with Crippen LogP contribution < -0.4 is 5.32 Å². The van der Waals surface area contributed by atoms with Gasteiger partial charge in [0.1, 0.15) is 0 Å². The van der Waals surface area contributed by atoms with Crippen molar-refractivity contribution in [2.45, 2.75) is 65.8 Å². The molecule has 0 radical (unpaired) electrons. The summed E-state index contributed by atoms with van der Waals surface area (Å²) in [6.07, 6.45) is 9.52. The Morgan fingerprint density at radius 1 is 1.40 bits per heavy atom. The third-order valence-electron chi connectivity index (χ3n) is 6.01. The summed E-state index contributed by atoms with van der Waals surface area (Å²) in [6, 6.07) is 0.422. The molecule has 0 aromatic carbocycles. The quantitative estimate of drug-likeness (QED) is 0.544. The van der Waals surface area contributed by atoms with E-state index in [2.05, 4.69) is 50.1 Å². The molecule has 0 bridgehead atoms. The number of halogens is 1. The second-order valence-electron chi connectivity index (χ2n) is 7.92. The molecule has 4 unspecified atom stereocenters. The van der Waals surface area contributed by atoms with Crippen LogP contribution in [0.2, 0.25) is 0 Å². The Morgan fingerprint density at radius 2 is 2.16 bits per heavy atom. The van der Waals surface area contributed by atoms with Crippen molar-refractivity contribution in [3.63, 3.8) is 0 Å². The zero-order valence-electron chi connectivity index (χ0n) is 16.4. The summed E-state index contributed by atoms with van der Waals surface area (Å²) in [6.45, 7) is 10.6. The molecule has 1 amide bonds. The first-order chi connectivity index (χ1) is 11.9. The molecular weight excluding hydrogens is 332 g/mol. The number of alkyl halides is 1. The maximum Gasteiger partial charge on any atom is 0.222 e. The summed E-state index contributed by atoms with van der Waals surface area (Å²) in [4.78, 5) is 14.7. The van der Waals surface area contributed by atoms with Crippen molar-refractivity contribution in [1.82, 2.24) is 10.2 Å². The summed E-state index contributed by atoms with van der Waals surface area (Å²) in [5.74, 6) is 2.59. The highest BCUT2D eigenvalue weighted by Gasteiger charge is 2.31. The summed E-state index contributed by atoms with van der Waals surface area (Å²) < 4.78 is 0. The van der Waals surface area contributed by atoms with Crippen molar-refractivity contribution in [3.05, 3.63) is 23.4 Å². The SMILES string of the molecule is CC/C(=C/CC1CCC(=O)N(CC2C(C)C=C(C)NC2C)CC1)CCl. The van der Waals surface area contributed by atoms with Gasteiger partial charge in [0.15, 0.2) is 0 Å². The van der Waals surface area contributed by atoms with E-state index in [9.17, 15) is 4.79 Å². The first-order valence-corrected chi connectivity index (χ1v) is 10.4. The van der Waals surface area contributed by atoms with Crippen LogP contribution in [0.5, 0.6) is 0 Å². The minimum absolute atomic E-state index is 0.338. The average Bonchev–Trinajstić information content (AvgIpc) is 2.74. The van der Waals surface area contributed by atoms with Gasteiger partial charge in [0, 0.05) is 43.0 Å². The summed E-state index contributed by atoms with van der Waals surface area (Å²) in [5, 5.41) is 3.54. The highest BCUT2D eigenvalue weighted by Crippen LogP contribution is 2.28. The number of amides is 1. The maximum atomic E-state index is 12.6. The Kier molecular flexibility index (Phi) is 7.86. The summed E-state index contributed by atoms with van der Waals surface area (Å²) in [7, 11) is 0. The molecule has 2 rings (SSSR count). The predicted molar refractivity (Wildman–Crippen MR) is 107 cm³/mol. The van der Waals surface area contributed by atoms with Crippen LogP contribution in [0.15, 0.2) is 23.4 Å². The van der Waals surface area contributed by atoms with Crippen LogP contribution >= 0.6 is 11.6 Å². The van der Waals surface area contributed by atoms with Gasteiger partial charge < -0.3 is 10.2 Å². The van der Waals surface area contributed by atoms with E-state index >= 15 is 0 Å². The van der Waals surface area contributed by atoms with Crippen LogP contribution in [-0.2, 0) is 4.79 Å². The number of allylic oxidation sites excluding steroid dienone is 4. The minimum atomic E-state index is 0.338. The molecule has 0 aliphatic carbocycles. The van der Waals surface area contributed by atoms with Gasteiger partial charge in [-0.25, -0.2) is 0 Å². The normalized spacial score (nSPS) is 31.4. The van der Waals surface area contributed by atoms with E-state index in [0.29, 0.717) is 42.0 Å². The van der Waals surface area contributed by atoms with Crippen molar-refractivity contribution in [2.24, 2.45) is 17.8 Å². The van der Waals surface area contributed by atoms with Crippen LogP contribution in [0.1, 0.15) is 59.8 Å². The molecule has 0 aromatic rings. The third-order valence-corrected chi connectivity index (χ3v) is 6.35. The van der Waals surface area contributed by atoms with Crippen LogP contribution in [0.4, 0.5) is 0 Å². The van der Waals surface area contributed by atoms with Gasteiger partial charge in [0.25, 0.3) is 0 Å². The van der Waals surface area contributed by atoms with Crippen molar-refractivity contribution < 1.29 is 4.79 Å². The van der Waals surface area contributed by atoms with Gasteiger partial charge in [0.05, 0.1) is 0 Å². The molecular formula is C21H35ClN2O. The standard InChI is InChI=1S/C21H35ClN2O/c1-5-18(13-22)6-7-19-8-9-21(25)24(11-10-19)14-20-15(2)12-16(3)23-17(20)4/h6,12,15,17,19-20,23H,5,7-11,13-14H2,1-4H3/b18-6-. The highest BCUT2D eigenvalue weighted by atomic mass is 35.5. The van der Waals surface area contributed by atoms with Crippen molar-refractivity contribution in [1.29, 1.82) is 0 Å². The van der Waals surface area contributed by atoms with Gasteiger partial charge in [-0.1, -0.05) is 31.6 Å². The number of hydrogen-bond donors (Lipinski definition) is 1. The van der Waals surface area contributed by atoms with Crippen molar-refractivity contribution in [3.8, 4) is 0 Å². The number of carbonyl (C=O) groups is 1. The molecule has 1 saturated heterocycles. The number of nitrogens with zero attached hydrogens (tertiary/aromatic N) is 1. The van der Waals surface area contributed by atoms with Gasteiger partial charge in [0.2, 0.25) is 5.91 Å². The lowest BCUT2D eigenvalue weighted by atomic mass is 9.84. The fourth-order valence-electron chi connectivity index (χ4n) is 4.22. The number of rotatable bonds is 6. The van der Waals surface area contributed by atoms with Crippen LogP contribution in [0, 0.1) is 17.8 Å². The first-order valence-electron chi connectivity index (χ1n) is 9.91. The number of nitrogens with one attached hydrogen (secondary N) is 1. The topological polar surface area (TPSA) is 32.3 Å². The smallest absolute Gasteiger partial charge is 0.222 e. The van der Waals surface area contributed by atoms with Gasteiger partial charge in [-0.3, -0.25) is 4.79 Å². The molecule has 25 heavy (non-hydrogen) atoms. The Labute approximate surface area is 158 Å². The molecule has 2 aliphatic rings. The molecule has 2 aliphatic heterocycles. The van der Waals surface area contributed by atoms with Crippen LogP contribution in [0.3, 0.4) is 0 Å². The summed E-state index contributed by atoms with van der Waals surface area (Å²) >= 11 is 5.97. The lowest BCUT2D eigenvalue weighted by Crippen LogP contribution is -2.47. The van der Waals surface area contributed by atoms with Gasteiger partial charge in [-0.15, -0.1) is 11.6 Å². The molecule has 2 heterocycles. The van der Waals surface area contributed by atoms with E-state index in [1.165, 1.54) is 11.3 Å². The Bertz CT molecular complexity index is 508. The van der Waals surface area contributed by atoms with Crippen molar-refractivity contribution in [2.75, 3.05) is 19.0 Å². The molecule has 4 heteroatoms. The molecule has 1 fully saturated rings. The predicted octanol–water partition coefficient (Wildman–Crippen LogP) is 4.73. The average molecular weight is 367 g/mol. The van der Waals surface area contributed by atoms with E-state index in [1.807, 2.05) is 0 Å². The van der Waals surface area contributed by atoms with E-state index in [0.717, 1.165) is 38.8 Å². The van der Waals surface area contributed by atoms with Gasteiger partial charge in [-0.05, 0) is 51.4 Å². The second-order valence-corrected chi connectivity index (χ2v) is 8.19. The third kappa shape index (κ3) is 5.77. The number of hydrogen-bond acceptors (Lipinski definition) is 2. The molecule has 0 saturated carbocycles. The largest absolute Gasteiger partial charge is 0.386 e. The molecule has 4 atom stereocenters. The summed E-state index contributed by atoms with van der Waals surface area (Å²) in [5.41, 5.74) is 2.59. The Balaban J connectivity index is 1.93. The zero-order valence-corrected chi connectivity index (χ0v) is 17.1. The van der Waals surface area contributed by atoms with E-state index in [-0.39, 0.29) is 0 Å². The van der Waals surface area contributed by atoms with Crippen LogP contribution in [0.25, 0.3) is 0 Å². The van der Waals surface area contributed by atoms with E-state index < -0.39 is 0 Å². The zero-order chi connectivity index (χ0) is 18.4. The monoisotopic (exact) mass is 366 g/mol. The first kappa shape index (κ1) is 20.4. The van der Waals surface area contributed by atoms with Crippen molar-refractivity contribution >= 4 is 17.5 Å². The second kappa shape index (κ2) is 9.66. The highest BCUT2D eigenvalue weighted by molar-refractivity contribution is 6.19. The molecule has 1 N–H and O–H groups in total. The number of carbonyl (C=O) groups excluding carboxylic acids is 1. The van der Waals surface area contributed by atoms with E-state index in [4.69, 9.17) is 11.6 Å². The Hall–Kier alpha value is -0.960. The molecule has 3 nitrogen and oxygen atoms in total. The fourth-order valence-corrected chi connectivity index (χ4v) is 4.51. The maximum absolute atomic E-state index is 12.6. The van der Waals surface area contributed by atoms with Crippen LogP contribution in [-0.4, -0.2) is 35.8 Å².